The summed E-state index contributed by atoms with van der Waals surface area (Å²) in [5, 5.41) is 4.73. The van der Waals surface area contributed by atoms with Crippen molar-refractivity contribution in [1.82, 2.24) is 10.3 Å². The van der Waals surface area contributed by atoms with Gasteiger partial charge in [0.1, 0.15) is 5.69 Å². The average Bonchev–Trinajstić information content (AvgIpc) is 3.08. The van der Waals surface area contributed by atoms with Gasteiger partial charge in [-0.25, -0.2) is 0 Å². The lowest BCUT2D eigenvalue weighted by Gasteiger charge is -2.07. The third-order valence-electron chi connectivity index (χ3n) is 4.49. The summed E-state index contributed by atoms with van der Waals surface area (Å²) >= 11 is 7.53. The Hall–Kier alpha value is -2.69. The van der Waals surface area contributed by atoms with Crippen LogP contribution in [0.5, 0.6) is 0 Å². The number of amides is 1. The maximum atomic E-state index is 12.9. The summed E-state index contributed by atoms with van der Waals surface area (Å²) in [7, 11) is 0. The monoisotopic (exact) mass is 406 g/mol. The number of carbonyl (C=O) groups excluding carboxylic acids is 1. The largest absolute Gasteiger partial charge is 0.350 e. The molecule has 3 nitrogen and oxygen atoms in total. The Morgan fingerprint density at radius 2 is 1.71 bits per heavy atom. The molecule has 1 amide bonds. The number of benzene rings is 3. The first kappa shape index (κ1) is 18.7. The Morgan fingerprint density at radius 3 is 2.46 bits per heavy atom. The molecule has 4 rings (SSSR count). The molecule has 0 aliphatic rings. The van der Waals surface area contributed by atoms with Gasteiger partial charge < -0.3 is 10.3 Å². The molecule has 5 heteroatoms. The first-order valence-corrected chi connectivity index (χ1v) is 10.2. The van der Waals surface area contributed by atoms with Gasteiger partial charge in [0.25, 0.3) is 5.91 Å². The number of aryl methyl sites for hydroxylation is 1. The van der Waals surface area contributed by atoms with E-state index in [4.69, 9.17) is 11.6 Å². The van der Waals surface area contributed by atoms with E-state index in [-0.39, 0.29) is 5.91 Å². The third-order valence-corrected chi connectivity index (χ3v) is 5.88. The number of rotatable bonds is 5. The number of para-hydroxylation sites is 1. The van der Waals surface area contributed by atoms with Crippen LogP contribution in [0.1, 0.15) is 21.6 Å². The summed E-state index contributed by atoms with van der Waals surface area (Å²) in [5.41, 5.74) is 3.75. The van der Waals surface area contributed by atoms with Crippen molar-refractivity contribution in [3.05, 3.63) is 94.6 Å². The second-order valence-electron chi connectivity index (χ2n) is 6.60. The van der Waals surface area contributed by atoms with Crippen molar-refractivity contribution in [3.63, 3.8) is 0 Å². The number of nitrogens with one attached hydrogen (secondary N) is 2. The molecule has 0 fully saturated rings. The molecular formula is C23H19ClN2OS. The van der Waals surface area contributed by atoms with E-state index >= 15 is 0 Å². The Labute approximate surface area is 173 Å². The zero-order valence-corrected chi connectivity index (χ0v) is 16.9. The van der Waals surface area contributed by atoms with E-state index in [1.807, 2.05) is 48.5 Å². The number of hydrogen-bond acceptors (Lipinski definition) is 2. The molecule has 140 valence electrons. The number of aromatic nitrogens is 1. The second kappa shape index (κ2) is 8.13. The SMILES string of the molecule is Cc1ccc(Sc2c(C(=O)NCc3ccc(Cl)cc3)[nH]c3ccccc23)cc1. The van der Waals surface area contributed by atoms with E-state index in [0.29, 0.717) is 17.3 Å². The van der Waals surface area contributed by atoms with Gasteiger partial charge in [0, 0.05) is 27.4 Å². The predicted molar refractivity (Wildman–Crippen MR) is 116 cm³/mol. The van der Waals surface area contributed by atoms with Crippen LogP contribution in [0.25, 0.3) is 10.9 Å². The highest BCUT2D eigenvalue weighted by atomic mass is 35.5. The molecule has 0 spiro atoms. The Bertz CT molecular complexity index is 1120. The molecule has 0 unspecified atom stereocenters. The standard InChI is InChI=1S/C23H19ClN2OS/c1-15-6-12-18(13-7-15)28-22-19-4-2-3-5-20(19)26-21(22)23(27)25-14-16-8-10-17(24)11-9-16/h2-13,26H,14H2,1H3,(H,25,27). The molecule has 28 heavy (non-hydrogen) atoms. The summed E-state index contributed by atoms with van der Waals surface area (Å²) in [6.45, 7) is 2.51. The van der Waals surface area contributed by atoms with Gasteiger partial charge in [0.05, 0.1) is 4.90 Å². The fourth-order valence-electron chi connectivity index (χ4n) is 2.98. The molecule has 0 aliphatic heterocycles. The van der Waals surface area contributed by atoms with Crippen LogP contribution in [-0.2, 0) is 6.54 Å². The molecule has 4 aromatic rings. The van der Waals surface area contributed by atoms with E-state index in [9.17, 15) is 4.79 Å². The van der Waals surface area contributed by atoms with Crippen molar-refractivity contribution in [1.29, 1.82) is 0 Å². The number of H-pyrrole nitrogens is 1. The fraction of sp³-hybridized carbons (Fsp3) is 0.0870. The molecule has 3 aromatic carbocycles. The quantitative estimate of drug-likeness (QED) is 0.413. The fourth-order valence-corrected chi connectivity index (χ4v) is 4.15. The highest BCUT2D eigenvalue weighted by molar-refractivity contribution is 7.99. The summed E-state index contributed by atoms with van der Waals surface area (Å²) in [6.07, 6.45) is 0. The van der Waals surface area contributed by atoms with E-state index in [1.165, 1.54) is 5.56 Å². The Morgan fingerprint density at radius 1 is 1.00 bits per heavy atom. The van der Waals surface area contributed by atoms with Crippen molar-refractivity contribution < 1.29 is 4.79 Å². The molecule has 0 atom stereocenters. The third kappa shape index (κ3) is 4.08. The second-order valence-corrected chi connectivity index (χ2v) is 8.12. The van der Waals surface area contributed by atoms with Gasteiger partial charge >= 0.3 is 0 Å². The van der Waals surface area contributed by atoms with E-state index in [1.54, 1.807) is 11.8 Å². The smallest absolute Gasteiger partial charge is 0.269 e. The maximum absolute atomic E-state index is 12.9. The predicted octanol–water partition coefficient (Wildman–Crippen LogP) is 6.21. The van der Waals surface area contributed by atoms with Crippen LogP contribution in [0.15, 0.2) is 82.6 Å². The Balaban J connectivity index is 1.62. The lowest BCUT2D eigenvalue weighted by molar-refractivity contribution is 0.0944. The number of hydrogen-bond donors (Lipinski definition) is 2. The van der Waals surface area contributed by atoms with Crippen LogP contribution >= 0.6 is 23.4 Å². The normalized spacial score (nSPS) is 10.9. The lowest BCUT2D eigenvalue weighted by atomic mass is 10.2. The van der Waals surface area contributed by atoms with Crippen LogP contribution < -0.4 is 5.32 Å². The van der Waals surface area contributed by atoms with Gasteiger partial charge in [-0.05, 0) is 42.8 Å². The number of aromatic amines is 1. The van der Waals surface area contributed by atoms with Crippen LogP contribution in [0.3, 0.4) is 0 Å². The van der Waals surface area contributed by atoms with Gasteiger partial charge in [-0.1, -0.05) is 71.4 Å². The van der Waals surface area contributed by atoms with Gasteiger partial charge in [-0.2, -0.15) is 0 Å². The highest BCUT2D eigenvalue weighted by Gasteiger charge is 2.18. The van der Waals surface area contributed by atoms with Crippen molar-refractivity contribution >= 4 is 40.2 Å². The van der Waals surface area contributed by atoms with E-state index in [2.05, 4.69) is 41.5 Å². The van der Waals surface area contributed by atoms with E-state index < -0.39 is 0 Å². The molecule has 0 radical (unpaired) electrons. The first-order chi connectivity index (χ1) is 13.6. The zero-order valence-electron chi connectivity index (χ0n) is 15.3. The minimum absolute atomic E-state index is 0.124. The number of halogens is 1. The van der Waals surface area contributed by atoms with E-state index in [0.717, 1.165) is 26.3 Å². The topological polar surface area (TPSA) is 44.9 Å². The average molecular weight is 407 g/mol. The Kier molecular flexibility index (Phi) is 5.42. The van der Waals surface area contributed by atoms with Crippen LogP contribution in [0.2, 0.25) is 5.02 Å². The molecule has 0 saturated carbocycles. The molecular weight excluding hydrogens is 388 g/mol. The molecule has 2 N–H and O–H groups in total. The summed E-state index contributed by atoms with van der Waals surface area (Å²) in [4.78, 5) is 18.3. The molecule has 0 bridgehead atoms. The van der Waals surface area contributed by atoms with Gasteiger partial charge in [-0.3, -0.25) is 4.79 Å². The number of carbonyl (C=O) groups is 1. The van der Waals surface area contributed by atoms with Crippen LogP contribution in [-0.4, -0.2) is 10.9 Å². The van der Waals surface area contributed by atoms with Gasteiger partial charge in [0.15, 0.2) is 0 Å². The van der Waals surface area contributed by atoms with Gasteiger partial charge in [-0.15, -0.1) is 0 Å². The van der Waals surface area contributed by atoms with Gasteiger partial charge in [0.2, 0.25) is 0 Å². The van der Waals surface area contributed by atoms with Crippen LogP contribution in [0, 0.1) is 6.92 Å². The van der Waals surface area contributed by atoms with Crippen molar-refractivity contribution in [2.24, 2.45) is 0 Å². The molecule has 0 aliphatic carbocycles. The van der Waals surface area contributed by atoms with Crippen molar-refractivity contribution in [2.45, 2.75) is 23.3 Å². The molecule has 0 saturated heterocycles. The first-order valence-electron chi connectivity index (χ1n) is 8.98. The maximum Gasteiger partial charge on any atom is 0.269 e. The summed E-state index contributed by atoms with van der Waals surface area (Å²) in [5.74, 6) is -0.124. The summed E-state index contributed by atoms with van der Waals surface area (Å²) in [6, 6.07) is 23.8. The van der Waals surface area contributed by atoms with Crippen LogP contribution in [0.4, 0.5) is 0 Å². The lowest BCUT2D eigenvalue weighted by Crippen LogP contribution is -2.23. The minimum Gasteiger partial charge on any atom is -0.350 e. The molecule has 1 heterocycles. The number of fused-ring (bicyclic) bond motifs is 1. The van der Waals surface area contributed by atoms with Crippen molar-refractivity contribution in [3.8, 4) is 0 Å². The highest BCUT2D eigenvalue weighted by Crippen LogP contribution is 2.36. The minimum atomic E-state index is -0.124. The molecule has 1 aromatic heterocycles. The summed E-state index contributed by atoms with van der Waals surface area (Å²) < 4.78 is 0. The zero-order chi connectivity index (χ0) is 19.5. The van der Waals surface area contributed by atoms with Crippen molar-refractivity contribution in [2.75, 3.05) is 0 Å².